The largest absolute Gasteiger partial charge is 0.481 e. The quantitative estimate of drug-likeness (QED) is 0.575. The van der Waals surface area contributed by atoms with Gasteiger partial charge in [-0.3, -0.25) is 4.79 Å². The Labute approximate surface area is 54.9 Å². The highest BCUT2D eigenvalue weighted by Crippen LogP contribution is 2.02. The first-order valence-electron chi connectivity index (χ1n) is 2.84. The summed E-state index contributed by atoms with van der Waals surface area (Å²) in [5.41, 5.74) is 0. The fourth-order valence-electron chi connectivity index (χ4n) is 0.423. The van der Waals surface area contributed by atoms with Gasteiger partial charge in [0, 0.05) is 12.3 Å². The first-order chi connectivity index (χ1) is 4.16. The predicted octanol–water partition coefficient (Wildman–Crippen LogP) is 1.12. The molecule has 0 aliphatic rings. The number of terminal acetylenes is 1. The summed E-state index contributed by atoms with van der Waals surface area (Å²) in [5, 5.41) is 8.19. The highest BCUT2D eigenvalue weighted by Gasteiger charge is 2.00. The molecular weight excluding hydrogens is 116 g/mol. The fraction of sp³-hybridized carbons (Fsp3) is 0.571. The number of hydrogen-bond donors (Lipinski definition) is 1. The van der Waals surface area contributed by atoms with E-state index in [2.05, 4.69) is 5.92 Å². The summed E-state index contributed by atoms with van der Waals surface area (Å²) in [6.07, 6.45) is 5.76. The fourth-order valence-corrected chi connectivity index (χ4v) is 0.423. The summed E-state index contributed by atoms with van der Waals surface area (Å²) in [7, 11) is 0. The Morgan fingerprint density at radius 2 is 2.44 bits per heavy atom. The number of carbonyl (C=O) groups is 1. The van der Waals surface area contributed by atoms with E-state index in [0.29, 0.717) is 6.42 Å². The van der Waals surface area contributed by atoms with Crippen LogP contribution in [-0.4, -0.2) is 11.1 Å². The van der Waals surface area contributed by atoms with E-state index in [1.54, 1.807) is 0 Å². The molecule has 0 aromatic heterocycles. The molecule has 0 aromatic rings. The highest BCUT2D eigenvalue weighted by atomic mass is 16.4. The summed E-state index contributed by atoms with van der Waals surface area (Å²) in [6, 6.07) is 0. The average molecular weight is 126 g/mol. The van der Waals surface area contributed by atoms with Crippen molar-refractivity contribution in [3.63, 3.8) is 0 Å². The number of carboxylic acid groups (broad SMARTS) is 1. The second-order valence-corrected chi connectivity index (χ2v) is 2.00. The van der Waals surface area contributed by atoms with Crippen LogP contribution in [0.2, 0.25) is 0 Å². The molecule has 0 spiro atoms. The Bertz CT molecular complexity index is 132. The molecule has 0 heterocycles. The van der Waals surface area contributed by atoms with Crippen molar-refractivity contribution in [2.24, 2.45) is 5.92 Å². The molecule has 0 fully saturated rings. The van der Waals surface area contributed by atoms with Gasteiger partial charge in [0.2, 0.25) is 0 Å². The van der Waals surface area contributed by atoms with Crippen molar-refractivity contribution in [2.75, 3.05) is 0 Å². The van der Waals surface area contributed by atoms with Gasteiger partial charge in [0.1, 0.15) is 0 Å². The predicted molar refractivity (Wildman–Crippen MR) is 34.9 cm³/mol. The third kappa shape index (κ3) is 4.89. The lowest BCUT2D eigenvalue weighted by molar-refractivity contribution is -0.137. The van der Waals surface area contributed by atoms with Gasteiger partial charge >= 0.3 is 5.97 Å². The lowest BCUT2D eigenvalue weighted by atomic mass is 10.1. The van der Waals surface area contributed by atoms with Crippen LogP contribution in [0.25, 0.3) is 0 Å². The van der Waals surface area contributed by atoms with E-state index < -0.39 is 5.97 Å². The number of aliphatic carboxylic acids is 1. The van der Waals surface area contributed by atoms with Crippen molar-refractivity contribution in [1.29, 1.82) is 0 Å². The van der Waals surface area contributed by atoms with Crippen LogP contribution >= 0.6 is 0 Å². The molecule has 0 amide bonds. The number of rotatable bonds is 3. The van der Waals surface area contributed by atoms with Crippen LogP contribution in [0, 0.1) is 18.3 Å². The highest BCUT2D eigenvalue weighted by molar-refractivity contribution is 5.66. The van der Waals surface area contributed by atoms with E-state index in [4.69, 9.17) is 11.5 Å². The van der Waals surface area contributed by atoms with Gasteiger partial charge in [-0.05, 0) is 6.42 Å². The van der Waals surface area contributed by atoms with Crippen molar-refractivity contribution in [1.82, 2.24) is 0 Å². The van der Waals surface area contributed by atoms with Crippen LogP contribution in [0.15, 0.2) is 0 Å². The molecule has 0 aromatic carbocycles. The van der Waals surface area contributed by atoms with Gasteiger partial charge in [0.25, 0.3) is 0 Å². The minimum atomic E-state index is -0.780. The monoisotopic (exact) mass is 126 g/mol. The molecule has 1 atom stereocenters. The van der Waals surface area contributed by atoms with Crippen molar-refractivity contribution < 1.29 is 9.90 Å². The SMILES string of the molecule is C#C[C@H](C)CCC(=O)O. The van der Waals surface area contributed by atoms with E-state index in [1.807, 2.05) is 6.92 Å². The van der Waals surface area contributed by atoms with Crippen LogP contribution < -0.4 is 0 Å². The zero-order chi connectivity index (χ0) is 7.28. The Morgan fingerprint density at radius 1 is 1.89 bits per heavy atom. The Kier molecular flexibility index (Phi) is 3.54. The Balaban J connectivity index is 3.30. The third-order valence-corrected chi connectivity index (χ3v) is 1.08. The summed E-state index contributed by atoms with van der Waals surface area (Å²) >= 11 is 0. The molecule has 0 saturated carbocycles. The summed E-state index contributed by atoms with van der Waals surface area (Å²) in [6.45, 7) is 1.84. The van der Waals surface area contributed by atoms with Crippen molar-refractivity contribution >= 4 is 5.97 Å². The average Bonchev–Trinajstić information content (AvgIpc) is 1.83. The standard InChI is InChI=1S/C7H10O2/c1-3-6(2)4-5-7(8)9/h1,6H,4-5H2,2H3,(H,8,9)/t6-/m0/s1. The molecule has 2 heteroatoms. The van der Waals surface area contributed by atoms with Crippen LogP contribution in [-0.2, 0) is 4.79 Å². The first-order valence-corrected chi connectivity index (χ1v) is 2.84. The maximum absolute atomic E-state index is 9.95. The van der Waals surface area contributed by atoms with Crippen molar-refractivity contribution in [2.45, 2.75) is 19.8 Å². The molecule has 0 aliphatic carbocycles. The third-order valence-electron chi connectivity index (χ3n) is 1.08. The Hall–Kier alpha value is -0.970. The maximum Gasteiger partial charge on any atom is 0.303 e. The molecule has 50 valence electrons. The summed E-state index contributed by atoms with van der Waals surface area (Å²) < 4.78 is 0. The molecule has 0 saturated heterocycles. The Morgan fingerprint density at radius 3 is 2.78 bits per heavy atom. The van der Waals surface area contributed by atoms with Gasteiger partial charge in [0.05, 0.1) is 0 Å². The minimum absolute atomic E-state index is 0.0844. The maximum atomic E-state index is 9.95. The van der Waals surface area contributed by atoms with Crippen molar-refractivity contribution in [3.05, 3.63) is 0 Å². The molecule has 0 aliphatic heterocycles. The van der Waals surface area contributed by atoms with E-state index in [0.717, 1.165) is 0 Å². The van der Waals surface area contributed by atoms with E-state index >= 15 is 0 Å². The van der Waals surface area contributed by atoms with Gasteiger partial charge in [0.15, 0.2) is 0 Å². The topological polar surface area (TPSA) is 37.3 Å². The van der Waals surface area contributed by atoms with Gasteiger partial charge in [-0.1, -0.05) is 6.92 Å². The summed E-state index contributed by atoms with van der Waals surface area (Å²) in [5.74, 6) is 1.76. The lowest BCUT2D eigenvalue weighted by Crippen LogP contribution is -1.98. The van der Waals surface area contributed by atoms with Crippen LogP contribution in [0.5, 0.6) is 0 Å². The van der Waals surface area contributed by atoms with Crippen molar-refractivity contribution in [3.8, 4) is 12.3 Å². The molecule has 2 nitrogen and oxygen atoms in total. The van der Waals surface area contributed by atoms with Crippen LogP contribution in [0.1, 0.15) is 19.8 Å². The minimum Gasteiger partial charge on any atom is -0.481 e. The molecule has 0 bridgehead atoms. The first kappa shape index (κ1) is 8.03. The van der Waals surface area contributed by atoms with Gasteiger partial charge in [-0.25, -0.2) is 0 Å². The van der Waals surface area contributed by atoms with E-state index in [1.165, 1.54) is 0 Å². The zero-order valence-corrected chi connectivity index (χ0v) is 5.42. The normalized spacial score (nSPS) is 12.0. The molecule has 1 N–H and O–H groups in total. The van der Waals surface area contributed by atoms with E-state index in [-0.39, 0.29) is 12.3 Å². The molecule has 0 unspecified atom stereocenters. The second-order valence-electron chi connectivity index (χ2n) is 2.00. The van der Waals surface area contributed by atoms with E-state index in [9.17, 15) is 4.79 Å². The number of carboxylic acids is 1. The molecular formula is C7H10O2. The van der Waals surface area contributed by atoms with Crippen LogP contribution in [0.4, 0.5) is 0 Å². The molecule has 0 radical (unpaired) electrons. The van der Waals surface area contributed by atoms with Gasteiger partial charge < -0.3 is 5.11 Å². The lowest BCUT2D eigenvalue weighted by Gasteiger charge is -1.97. The second kappa shape index (κ2) is 3.96. The van der Waals surface area contributed by atoms with Gasteiger partial charge in [-0.15, -0.1) is 12.3 Å². The zero-order valence-electron chi connectivity index (χ0n) is 5.42. The smallest absolute Gasteiger partial charge is 0.303 e. The summed E-state index contributed by atoms with van der Waals surface area (Å²) in [4.78, 5) is 9.95. The van der Waals surface area contributed by atoms with Crippen LogP contribution in [0.3, 0.4) is 0 Å². The molecule has 0 rings (SSSR count). The number of hydrogen-bond acceptors (Lipinski definition) is 1. The van der Waals surface area contributed by atoms with Gasteiger partial charge in [-0.2, -0.15) is 0 Å². The molecule has 9 heavy (non-hydrogen) atoms.